The Hall–Kier alpha value is -3.59. The Morgan fingerprint density at radius 1 is 1.16 bits per heavy atom. The van der Waals surface area contributed by atoms with E-state index in [-0.39, 0.29) is 17.6 Å². The van der Waals surface area contributed by atoms with Crippen molar-refractivity contribution >= 4 is 34.4 Å². The van der Waals surface area contributed by atoms with Gasteiger partial charge in [-0.25, -0.2) is 9.97 Å². The summed E-state index contributed by atoms with van der Waals surface area (Å²) in [6.07, 6.45) is 16.7. The molecule has 0 radical (unpaired) electrons. The average Bonchev–Trinajstić information content (AvgIpc) is 3.79. The molecule has 9 nitrogen and oxygen atoms in total. The molecule has 9 heteroatoms. The Morgan fingerprint density at radius 3 is 2.63 bits per heavy atom. The summed E-state index contributed by atoms with van der Waals surface area (Å²) in [6, 6.07) is 0.178. The molecule has 3 heterocycles. The molecule has 0 unspecified atom stereocenters. The number of nitrogens with two attached hydrogens (primary N) is 1. The van der Waals surface area contributed by atoms with Crippen LogP contribution in [0, 0.1) is 0 Å². The van der Waals surface area contributed by atoms with Crippen LogP contribution in [0.5, 0.6) is 0 Å². The summed E-state index contributed by atoms with van der Waals surface area (Å²) in [6.45, 7) is 7.77. The van der Waals surface area contributed by atoms with Crippen LogP contribution in [0.25, 0.3) is 16.5 Å². The molecule has 3 fully saturated rings. The lowest BCUT2D eigenvalue weighted by Gasteiger charge is -2.30. The lowest BCUT2D eigenvalue weighted by atomic mass is 9.95. The number of nitrogens with zero attached hydrogens (tertiary/aromatic N) is 5. The fraction of sp³-hybridized carbons (Fsp3) is 0.483. The Kier molecular flexibility index (Phi) is 8.12. The van der Waals surface area contributed by atoms with Gasteiger partial charge < -0.3 is 21.3 Å². The van der Waals surface area contributed by atoms with Gasteiger partial charge in [0.2, 0.25) is 0 Å². The fourth-order valence-corrected chi connectivity index (χ4v) is 5.34. The first-order valence-corrected chi connectivity index (χ1v) is 13.8. The molecule has 0 aromatic carbocycles. The predicted octanol–water partition coefficient (Wildman–Crippen LogP) is 3.24. The van der Waals surface area contributed by atoms with Crippen LogP contribution >= 0.6 is 0 Å². The summed E-state index contributed by atoms with van der Waals surface area (Å²) in [5.41, 5.74) is 9.62. The molecule has 2 aliphatic carbocycles. The summed E-state index contributed by atoms with van der Waals surface area (Å²) in [5.74, 6) is 1.70. The number of anilines is 1. The molecule has 0 atom stereocenters. The maximum absolute atomic E-state index is 12.8. The summed E-state index contributed by atoms with van der Waals surface area (Å²) in [5, 5.41) is 7.59. The minimum atomic E-state index is -0.263. The van der Waals surface area contributed by atoms with Gasteiger partial charge in [-0.2, -0.15) is 0 Å². The second-order valence-electron chi connectivity index (χ2n) is 10.4. The van der Waals surface area contributed by atoms with E-state index in [0.29, 0.717) is 22.9 Å². The second kappa shape index (κ2) is 11.9. The van der Waals surface area contributed by atoms with E-state index in [1.165, 1.54) is 24.8 Å². The van der Waals surface area contributed by atoms with Crippen LogP contribution in [0.1, 0.15) is 62.3 Å². The van der Waals surface area contributed by atoms with E-state index in [9.17, 15) is 4.79 Å². The highest BCUT2D eigenvalue weighted by Crippen LogP contribution is 2.44. The summed E-state index contributed by atoms with van der Waals surface area (Å²) in [4.78, 5) is 33.9. The molecule has 2 saturated carbocycles. The largest absolute Gasteiger partial charge is 0.394 e. The van der Waals surface area contributed by atoms with Gasteiger partial charge in [0.15, 0.2) is 5.82 Å². The van der Waals surface area contributed by atoms with Gasteiger partial charge in [0.05, 0.1) is 17.4 Å². The van der Waals surface area contributed by atoms with Gasteiger partial charge >= 0.3 is 0 Å². The van der Waals surface area contributed by atoms with Gasteiger partial charge in [-0.3, -0.25) is 14.8 Å². The Balaban J connectivity index is 1.51. The smallest absolute Gasteiger partial charge is 0.267 e. The standard InChI is InChI=1S/C29H38N8O/c1-19(16-24(30)29(38)34-21-6-4-3-5-7-21)22(10-11-31-2)27-35-25-18-33-17-23(20-8-9-20)26(25)28(36-27)37-14-12-32-13-15-37/h10-11,16-18,20-21,32H,1,3-9,12-15,30H2,2H3,(H,34,38)/b22-10+,24-16-,31-11?. The van der Waals surface area contributed by atoms with Crippen LogP contribution in [0.3, 0.4) is 0 Å². The maximum atomic E-state index is 12.8. The quantitative estimate of drug-likeness (QED) is 0.281. The third kappa shape index (κ3) is 5.93. The number of aliphatic imine (C=N–C) groups is 1. The summed E-state index contributed by atoms with van der Waals surface area (Å²) < 4.78 is 0. The van der Waals surface area contributed by atoms with Crippen LogP contribution in [0.2, 0.25) is 0 Å². The summed E-state index contributed by atoms with van der Waals surface area (Å²) >= 11 is 0. The van der Waals surface area contributed by atoms with Gasteiger partial charge in [-0.1, -0.05) is 25.8 Å². The molecular formula is C29H38N8O. The number of aromatic nitrogens is 3. The second-order valence-corrected chi connectivity index (χ2v) is 10.4. The molecule has 0 spiro atoms. The third-order valence-corrected chi connectivity index (χ3v) is 7.56. The number of amides is 1. The number of rotatable bonds is 8. The first-order valence-electron chi connectivity index (χ1n) is 13.8. The molecule has 1 saturated heterocycles. The van der Waals surface area contributed by atoms with Crippen molar-refractivity contribution in [3.63, 3.8) is 0 Å². The van der Waals surface area contributed by atoms with Gasteiger partial charge in [-0.15, -0.1) is 0 Å². The average molecular weight is 515 g/mol. The van der Waals surface area contributed by atoms with Crippen molar-refractivity contribution in [3.8, 4) is 0 Å². The lowest BCUT2D eigenvalue weighted by molar-refractivity contribution is -0.118. The van der Waals surface area contributed by atoms with Crippen LogP contribution in [-0.4, -0.2) is 66.3 Å². The van der Waals surface area contributed by atoms with E-state index >= 15 is 0 Å². The maximum Gasteiger partial charge on any atom is 0.267 e. The zero-order valence-corrected chi connectivity index (χ0v) is 22.2. The molecular weight excluding hydrogens is 476 g/mol. The van der Waals surface area contributed by atoms with Gasteiger partial charge in [0.1, 0.15) is 5.82 Å². The van der Waals surface area contributed by atoms with E-state index in [1.807, 2.05) is 18.5 Å². The molecule has 2 aromatic heterocycles. The molecule has 1 amide bonds. The van der Waals surface area contributed by atoms with Gasteiger partial charge in [-0.05, 0) is 54.9 Å². The highest BCUT2D eigenvalue weighted by molar-refractivity contribution is 5.98. The van der Waals surface area contributed by atoms with Gasteiger partial charge in [0, 0.05) is 62.6 Å². The number of hydrogen-bond acceptors (Lipinski definition) is 8. The Bertz CT molecular complexity index is 1280. The Morgan fingerprint density at radius 2 is 1.92 bits per heavy atom. The van der Waals surface area contributed by atoms with E-state index in [4.69, 9.17) is 15.7 Å². The van der Waals surface area contributed by atoms with Crippen molar-refractivity contribution in [2.24, 2.45) is 10.7 Å². The van der Waals surface area contributed by atoms with Crippen molar-refractivity contribution in [2.75, 3.05) is 38.1 Å². The van der Waals surface area contributed by atoms with E-state index in [1.54, 1.807) is 19.3 Å². The van der Waals surface area contributed by atoms with Crippen LogP contribution < -0.4 is 21.3 Å². The molecule has 200 valence electrons. The predicted molar refractivity (Wildman–Crippen MR) is 153 cm³/mol. The molecule has 1 aliphatic heterocycles. The highest BCUT2D eigenvalue weighted by atomic mass is 16.2. The number of pyridine rings is 1. The molecule has 38 heavy (non-hydrogen) atoms. The summed E-state index contributed by atoms with van der Waals surface area (Å²) in [7, 11) is 1.71. The van der Waals surface area contributed by atoms with Crippen LogP contribution in [-0.2, 0) is 4.79 Å². The van der Waals surface area contributed by atoms with E-state index in [0.717, 1.165) is 68.6 Å². The van der Waals surface area contributed by atoms with Gasteiger partial charge in [0.25, 0.3) is 5.91 Å². The molecule has 0 bridgehead atoms. The zero-order chi connectivity index (χ0) is 26.5. The number of fused-ring (bicyclic) bond motifs is 1. The van der Waals surface area contributed by atoms with Crippen molar-refractivity contribution in [3.05, 3.63) is 53.8 Å². The Labute approximate surface area is 224 Å². The van der Waals surface area contributed by atoms with Crippen molar-refractivity contribution in [1.82, 2.24) is 25.6 Å². The number of carbonyl (C=O) groups excluding carboxylic acids is 1. The lowest BCUT2D eigenvalue weighted by Crippen LogP contribution is -2.44. The third-order valence-electron chi connectivity index (χ3n) is 7.56. The number of allylic oxidation sites excluding steroid dienone is 4. The zero-order valence-electron chi connectivity index (χ0n) is 22.2. The number of nitrogens with one attached hydrogen (secondary N) is 2. The normalized spacial score (nSPS) is 19.8. The first-order chi connectivity index (χ1) is 18.5. The number of carbonyl (C=O) groups is 1. The number of hydrogen-bond donors (Lipinski definition) is 3. The first kappa shape index (κ1) is 26.0. The monoisotopic (exact) mass is 514 g/mol. The molecule has 2 aromatic rings. The molecule has 3 aliphatic rings. The van der Waals surface area contributed by atoms with Crippen molar-refractivity contribution < 1.29 is 4.79 Å². The fourth-order valence-electron chi connectivity index (χ4n) is 5.34. The molecule has 5 rings (SSSR count). The minimum absolute atomic E-state index is 0.126. The van der Waals surface area contributed by atoms with E-state index < -0.39 is 0 Å². The van der Waals surface area contributed by atoms with Crippen LogP contribution in [0.4, 0.5) is 5.82 Å². The minimum Gasteiger partial charge on any atom is -0.394 e. The van der Waals surface area contributed by atoms with Crippen molar-refractivity contribution in [2.45, 2.75) is 56.9 Å². The molecule has 4 N–H and O–H groups in total. The highest BCUT2D eigenvalue weighted by Gasteiger charge is 2.29. The van der Waals surface area contributed by atoms with E-state index in [2.05, 4.69) is 32.1 Å². The van der Waals surface area contributed by atoms with Crippen LogP contribution in [0.15, 0.2) is 47.4 Å². The number of piperazine rings is 1. The van der Waals surface area contributed by atoms with Crippen molar-refractivity contribution in [1.29, 1.82) is 0 Å². The SMILES string of the molecule is C=C(/C=C(\N)C(=O)NC1CCCCC1)/C(=C\C=NC)c1nc(N2CCNCC2)c2c(C3CC3)cncc2n1. The topological polar surface area (TPSA) is 121 Å².